The number of benzene rings is 1. The number of fused-ring (bicyclic) bond motifs is 1. The highest BCUT2D eigenvalue weighted by molar-refractivity contribution is 5.91. The van der Waals surface area contributed by atoms with Crippen molar-refractivity contribution >= 4 is 23.0 Å². The average Bonchev–Trinajstić information content (AvgIpc) is 3.08. The molecule has 0 saturated heterocycles. The van der Waals surface area contributed by atoms with Crippen molar-refractivity contribution in [3.8, 4) is 0 Å². The third-order valence-electron chi connectivity index (χ3n) is 4.23. The van der Waals surface area contributed by atoms with E-state index in [0.717, 1.165) is 42.8 Å². The van der Waals surface area contributed by atoms with E-state index in [9.17, 15) is 4.79 Å². The first-order chi connectivity index (χ1) is 12.7. The molecular weight excluding hydrogens is 328 g/mol. The molecule has 140 valence electrons. The van der Waals surface area contributed by atoms with Gasteiger partial charge in [-0.3, -0.25) is 4.79 Å². The molecule has 0 unspecified atom stereocenters. The molecule has 0 aliphatic heterocycles. The highest BCUT2D eigenvalue weighted by Crippen LogP contribution is 2.19. The van der Waals surface area contributed by atoms with Crippen LogP contribution in [0.3, 0.4) is 0 Å². The lowest BCUT2D eigenvalue weighted by Crippen LogP contribution is -2.30. The summed E-state index contributed by atoms with van der Waals surface area (Å²) < 4.78 is 10.9. The molecule has 0 aliphatic carbocycles. The molecule has 1 aromatic heterocycles. The second kappa shape index (κ2) is 10.5. The summed E-state index contributed by atoms with van der Waals surface area (Å²) in [4.78, 5) is 14.5. The van der Waals surface area contributed by atoms with Crippen LogP contribution >= 0.6 is 0 Å². The number of methoxy groups -OCH3 is 1. The van der Waals surface area contributed by atoms with Gasteiger partial charge in [0.05, 0.1) is 7.11 Å². The van der Waals surface area contributed by atoms with E-state index in [1.165, 1.54) is 7.11 Å². The van der Waals surface area contributed by atoms with Crippen LogP contribution in [0.4, 0.5) is 0 Å². The zero-order chi connectivity index (χ0) is 18.8. The lowest BCUT2D eigenvalue weighted by molar-refractivity contribution is -0.120. The zero-order valence-corrected chi connectivity index (χ0v) is 15.8. The molecule has 26 heavy (non-hydrogen) atoms. The maximum Gasteiger partial charge on any atom is 0.286 e. The molecule has 5 heteroatoms. The Morgan fingerprint density at radius 3 is 2.73 bits per heavy atom. The van der Waals surface area contributed by atoms with Gasteiger partial charge < -0.3 is 19.4 Å². The standard InChI is InChI=1S/C21H28N2O3/c1-4-23(5-2)15-9-14-22-21(24)20(25-3)13-8-11-18-16-17-10-6-7-12-19(17)26-18/h6-8,10-13,16H,4-5,9,14-15H2,1-3H3,(H,22,24). The fraction of sp³-hybridized carbons (Fsp3) is 0.381. The van der Waals surface area contributed by atoms with Crippen molar-refractivity contribution in [1.82, 2.24) is 10.2 Å². The van der Waals surface area contributed by atoms with Crippen molar-refractivity contribution in [3.05, 3.63) is 54.0 Å². The Kier molecular flexibility index (Phi) is 7.96. The molecule has 0 bridgehead atoms. The number of furan rings is 1. The first-order valence-corrected chi connectivity index (χ1v) is 9.09. The third kappa shape index (κ3) is 5.77. The number of amides is 1. The van der Waals surface area contributed by atoms with Crippen LogP contribution in [-0.4, -0.2) is 44.1 Å². The molecule has 5 nitrogen and oxygen atoms in total. The van der Waals surface area contributed by atoms with Crippen molar-refractivity contribution in [2.75, 3.05) is 33.3 Å². The highest BCUT2D eigenvalue weighted by Gasteiger charge is 2.08. The van der Waals surface area contributed by atoms with Crippen molar-refractivity contribution in [3.63, 3.8) is 0 Å². The Morgan fingerprint density at radius 2 is 2.04 bits per heavy atom. The molecule has 1 aromatic carbocycles. The minimum absolute atomic E-state index is 0.207. The predicted octanol–water partition coefficient (Wildman–Crippen LogP) is 3.82. The number of hydrogen-bond donors (Lipinski definition) is 1. The Labute approximate surface area is 155 Å². The largest absolute Gasteiger partial charge is 0.491 e. The molecule has 2 rings (SSSR count). The number of rotatable bonds is 10. The minimum atomic E-state index is -0.207. The van der Waals surface area contributed by atoms with Gasteiger partial charge in [0.1, 0.15) is 11.3 Å². The van der Waals surface area contributed by atoms with E-state index in [4.69, 9.17) is 9.15 Å². The number of ether oxygens (including phenoxy) is 1. The summed E-state index contributed by atoms with van der Waals surface area (Å²) in [6.45, 7) is 7.94. The second-order valence-corrected chi connectivity index (χ2v) is 5.92. The maximum absolute atomic E-state index is 12.2. The molecular formula is C21H28N2O3. The van der Waals surface area contributed by atoms with Crippen LogP contribution in [-0.2, 0) is 9.53 Å². The number of nitrogens with zero attached hydrogens (tertiary/aromatic N) is 1. The lowest BCUT2D eigenvalue weighted by atomic mass is 10.2. The average molecular weight is 356 g/mol. The SMILES string of the molecule is CCN(CC)CCCNC(=O)C(=CC=Cc1cc2ccccc2o1)OC. The summed E-state index contributed by atoms with van der Waals surface area (Å²) in [7, 11) is 1.50. The fourth-order valence-electron chi connectivity index (χ4n) is 2.68. The van der Waals surface area contributed by atoms with Gasteiger partial charge in [0.15, 0.2) is 5.76 Å². The number of para-hydroxylation sites is 1. The molecule has 2 aromatic rings. The first kappa shape index (κ1) is 19.8. The van der Waals surface area contributed by atoms with Crippen LogP contribution < -0.4 is 5.32 Å². The Balaban J connectivity index is 1.86. The van der Waals surface area contributed by atoms with E-state index >= 15 is 0 Å². The second-order valence-electron chi connectivity index (χ2n) is 5.92. The topological polar surface area (TPSA) is 54.7 Å². The lowest BCUT2D eigenvalue weighted by Gasteiger charge is -2.17. The van der Waals surface area contributed by atoms with Gasteiger partial charge in [0.2, 0.25) is 0 Å². The maximum atomic E-state index is 12.2. The van der Waals surface area contributed by atoms with E-state index in [2.05, 4.69) is 24.1 Å². The summed E-state index contributed by atoms with van der Waals surface area (Å²) >= 11 is 0. The number of allylic oxidation sites excluding steroid dienone is 2. The highest BCUT2D eigenvalue weighted by atomic mass is 16.5. The van der Waals surface area contributed by atoms with Crippen LogP contribution in [0.25, 0.3) is 17.0 Å². The van der Waals surface area contributed by atoms with Crippen LogP contribution in [0.15, 0.2) is 52.7 Å². The predicted molar refractivity (Wildman–Crippen MR) is 106 cm³/mol. The molecule has 0 atom stereocenters. The monoisotopic (exact) mass is 356 g/mol. The third-order valence-corrected chi connectivity index (χ3v) is 4.23. The molecule has 0 radical (unpaired) electrons. The van der Waals surface area contributed by atoms with Gasteiger partial charge in [0.25, 0.3) is 5.91 Å². The van der Waals surface area contributed by atoms with Crippen molar-refractivity contribution in [1.29, 1.82) is 0 Å². The fourth-order valence-corrected chi connectivity index (χ4v) is 2.68. The smallest absolute Gasteiger partial charge is 0.286 e. The quantitative estimate of drug-likeness (QED) is 0.304. The Hall–Kier alpha value is -2.53. The number of carbonyl (C=O) groups is 1. The van der Waals surface area contributed by atoms with Crippen LogP contribution in [0.2, 0.25) is 0 Å². The summed E-state index contributed by atoms with van der Waals surface area (Å²) in [6, 6.07) is 9.79. The summed E-state index contributed by atoms with van der Waals surface area (Å²) in [6.07, 6.45) is 6.13. The molecule has 1 amide bonds. The van der Waals surface area contributed by atoms with Crippen LogP contribution in [0, 0.1) is 0 Å². The van der Waals surface area contributed by atoms with Crippen molar-refractivity contribution < 1.29 is 13.9 Å². The molecule has 1 N–H and O–H groups in total. The normalized spacial score (nSPS) is 12.2. The van der Waals surface area contributed by atoms with E-state index in [1.54, 1.807) is 12.2 Å². The van der Waals surface area contributed by atoms with Gasteiger partial charge in [-0.2, -0.15) is 0 Å². The Bertz CT molecular complexity index is 724. The minimum Gasteiger partial charge on any atom is -0.491 e. The number of hydrogen-bond acceptors (Lipinski definition) is 4. The van der Waals surface area contributed by atoms with Gasteiger partial charge >= 0.3 is 0 Å². The zero-order valence-electron chi connectivity index (χ0n) is 15.8. The summed E-state index contributed by atoms with van der Waals surface area (Å²) in [5, 5.41) is 3.94. The molecule has 1 heterocycles. The molecule has 0 fully saturated rings. The van der Waals surface area contributed by atoms with Gasteiger partial charge in [-0.15, -0.1) is 0 Å². The van der Waals surface area contributed by atoms with Crippen molar-refractivity contribution in [2.45, 2.75) is 20.3 Å². The van der Waals surface area contributed by atoms with Gasteiger partial charge in [-0.1, -0.05) is 38.1 Å². The summed E-state index contributed by atoms with van der Waals surface area (Å²) in [5.74, 6) is 0.805. The van der Waals surface area contributed by atoms with Gasteiger partial charge in [-0.05, 0) is 50.3 Å². The number of nitrogens with one attached hydrogen (secondary N) is 1. The van der Waals surface area contributed by atoms with E-state index in [-0.39, 0.29) is 11.7 Å². The van der Waals surface area contributed by atoms with Gasteiger partial charge in [0, 0.05) is 11.9 Å². The first-order valence-electron chi connectivity index (χ1n) is 9.09. The van der Waals surface area contributed by atoms with E-state index in [1.807, 2.05) is 36.4 Å². The Morgan fingerprint density at radius 1 is 1.27 bits per heavy atom. The van der Waals surface area contributed by atoms with Crippen LogP contribution in [0.5, 0.6) is 0 Å². The van der Waals surface area contributed by atoms with E-state index in [0.29, 0.717) is 6.54 Å². The molecule has 0 aliphatic rings. The molecule has 0 saturated carbocycles. The number of carbonyl (C=O) groups excluding carboxylic acids is 1. The van der Waals surface area contributed by atoms with Gasteiger partial charge in [-0.25, -0.2) is 0 Å². The van der Waals surface area contributed by atoms with E-state index < -0.39 is 0 Å². The van der Waals surface area contributed by atoms with Crippen LogP contribution in [0.1, 0.15) is 26.0 Å². The van der Waals surface area contributed by atoms with Crippen molar-refractivity contribution in [2.24, 2.45) is 0 Å². The summed E-state index contributed by atoms with van der Waals surface area (Å²) in [5.41, 5.74) is 0.842. The molecule has 0 spiro atoms.